The molecule has 1 aromatic heterocycles. The largest absolute Gasteiger partial charge is 0.494 e. The Balaban J connectivity index is 3.38. The Morgan fingerprint density at radius 2 is 2.27 bits per heavy atom. The van der Waals surface area contributed by atoms with E-state index in [0.717, 1.165) is 6.07 Å². The first-order chi connectivity index (χ1) is 6.97. The molecule has 0 aliphatic carbocycles. The number of rotatable bonds is 3. The summed E-state index contributed by atoms with van der Waals surface area (Å²) in [5.41, 5.74) is -1.28. The summed E-state index contributed by atoms with van der Waals surface area (Å²) in [6.45, 7) is 0. The first kappa shape index (κ1) is 12.1. The Labute approximate surface area is 97.4 Å². The quantitative estimate of drug-likeness (QED) is 0.683. The number of aromatic carboxylic acids is 1. The van der Waals surface area contributed by atoms with E-state index in [0.29, 0.717) is 0 Å². The van der Waals surface area contributed by atoms with E-state index < -0.39 is 23.7 Å². The summed E-state index contributed by atoms with van der Waals surface area (Å²) in [5, 5.41) is 8.66. The molecule has 0 aromatic carbocycles. The summed E-state index contributed by atoms with van der Waals surface area (Å²) in [6, 6.07) is 0.989. The van der Waals surface area contributed by atoms with E-state index >= 15 is 0 Å². The van der Waals surface area contributed by atoms with E-state index in [1.54, 1.807) is 22.6 Å². The monoisotopic (exact) mass is 329 g/mol. The van der Waals surface area contributed by atoms with Crippen LogP contribution in [0.4, 0.5) is 8.78 Å². The summed E-state index contributed by atoms with van der Waals surface area (Å²) < 4.78 is 30.0. The summed E-state index contributed by atoms with van der Waals surface area (Å²) in [6.07, 6.45) is -2.89. The van der Waals surface area contributed by atoms with Crippen LogP contribution in [0.3, 0.4) is 0 Å². The minimum absolute atomic E-state index is 0.135. The van der Waals surface area contributed by atoms with Crippen LogP contribution < -0.4 is 4.74 Å². The molecule has 0 saturated heterocycles. The molecule has 0 aliphatic rings. The highest BCUT2D eigenvalue weighted by molar-refractivity contribution is 14.1. The second kappa shape index (κ2) is 4.69. The van der Waals surface area contributed by atoms with E-state index in [-0.39, 0.29) is 9.45 Å². The number of carboxylic acid groups (broad SMARTS) is 1. The number of aromatic nitrogens is 1. The van der Waals surface area contributed by atoms with Gasteiger partial charge in [-0.1, -0.05) is 0 Å². The zero-order chi connectivity index (χ0) is 11.6. The molecular formula is C8H6F2INO3. The standard InChI is InChI=1S/C8H6F2INO3/c1-15-4-2-3(6(9)10)5(8(13)14)12-7(4)11/h2,6H,1H3,(H,13,14). The van der Waals surface area contributed by atoms with E-state index in [2.05, 4.69) is 4.98 Å². The number of carboxylic acids is 1. The second-order valence-corrected chi connectivity index (χ2v) is 3.55. The van der Waals surface area contributed by atoms with Crippen molar-refractivity contribution in [1.82, 2.24) is 4.98 Å². The SMILES string of the molecule is COc1cc(C(F)F)c(C(=O)O)nc1I. The van der Waals surface area contributed by atoms with Crippen LogP contribution in [0.5, 0.6) is 5.75 Å². The van der Waals surface area contributed by atoms with Gasteiger partial charge in [0.15, 0.2) is 11.4 Å². The number of carbonyl (C=O) groups is 1. The third-order valence-corrected chi connectivity index (χ3v) is 2.40. The van der Waals surface area contributed by atoms with Crippen LogP contribution in [-0.2, 0) is 0 Å². The first-order valence-corrected chi connectivity index (χ1v) is 4.81. The fourth-order valence-electron chi connectivity index (χ4n) is 0.968. The average molecular weight is 329 g/mol. The van der Waals surface area contributed by atoms with Crippen molar-refractivity contribution >= 4 is 28.6 Å². The Morgan fingerprint density at radius 3 is 2.67 bits per heavy atom. The fraction of sp³-hybridized carbons (Fsp3) is 0.250. The van der Waals surface area contributed by atoms with Crippen molar-refractivity contribution in [2.45, 2.75) is 6.43 Å². The van der Waals surface area contributed by atoms with Gasteiger partial charge in [-0.15, -0.1) is 0 Å². The maximum Gasteiger partial charge on any atom is 0.355 e. The summed E-state index contributed by atoms with van der Waals surface area (Å²) in [4.78, 5) is 14.2. The maximum atomic E-state index is 12.5. The molecule has 1 aromatic rings. The van der Waals surface area contributed by atoms with Gasteiger partial charge in [0.05, 0.1) is 12.7 Å². The van der Waals surface area contributed by atoms with Crippen molar-refractivity contribution in [3.63, 3.8) is 0 Å². The predicted octanol–water partition coefficient (Wildman–Crippen LogP) is 2.33. The normalized spacial score (nSPS) is 10.5. The summed E-state index contributed by atoms with van der Waals surface area (Å²) >= 11 is 1.72. The summed E-state index contributed by atoms with van der Waals surface area (Å²) in [5.74, 6) is -1.35. The number of hydrogen-bond acceptors (Lipinski definition) is 3. The lowest BCUT2D eigenvalue weighted by atomic mass is 10.2. The first-order valence-electron chi connectivity index (χ1n) is 3.73. The van der Waals surface area contributed by atoms with Gasteiger partial charge >= 0.3 is 5.97 Å². The lowest BCUT2D eigenvalue weighted by Crippen LogP contribution is -2.08. The fourth-order valence-corrected chi connectivity index (χ4v) is 1.58. The summed E-state index contributed by atoms with van der Waals surface area (Å²) in [7, 11) is 1.30. The van der Waals surface area contributed by atoms with Gasteiger partial charge < -0.3 is 9.84 Å². The van der Waals surface area contributed by atoms with Gasteiger partial charge in [-0.25, -0.2) is 18.6 Å². The highest BCUT2D eigenvalue weighted by atomic mass is 127. The molecule has 15 heavy (non-hydrogen) atoms. The molecule has 1 N–H and O–H groups in total. The minimum atomic E-state index is -2.89. The van der Waals surface area contributed by atoms with Crippen LogP contribution in [0.25, 0.3) is 0 Å². The van der Waals surface area contributed by atoms with E-state index in [1.807, 2.05) is 0 Å². The Morgan fingerprint density at radius 1 is 1.67 bits per heavy atom. The van der Waals surface area contributed by atoms with Gasteiger partial charge in [0.25, 0.3) is 6.43 Å². The van der Waals surface area contributed by atoms with Gasteiger partial charge in [-0.05, 0) is 28.7 Å². The number of alkyl halides is 2. The van der Waals surface area contributed by atoms with Crippen molar-refractivity contribution in [3.8, 4) is 5.75 Å². The highest BCUT2D eigenvalue weighted by Crippen LogP contribution is 2.28. The molecule has 82 valence electrons. The molecule has 4 nitrogen and oxygen atoms in total. The molecule has 1 heterocycles. The van der Waals surface area contributed by atoms with Gasteiger partial charge in [-0.3, -0.25) is 0 Å². The lowest BCUT2D eigenvalue weighted by molar-refractivity contribution is 0.0676. The predicted molar refractivity (Wildman–Crippen MR) is 55.4 cm³/mol. The number of nitrogens with zero attached hydrogens (tertiary/aromatic N) is 1. The smallest absolute Gasteiger partial charge is 0.355 e. The molecule has 0 atom stereocenters. The van der Waals surface area contributed by atoms with Crippen molar-refractivity contribution in [2.75, 3.05) is 7.11 Å². The molecule has 0 aliphatic heterocycles. The van der Waals surface area contributed by atoms with Crippen LogP contribution in [0.1, 0.15) is 22.5 Å². The molecule has 0 unspecified atom stereocenters. The lowest BCUT2D eigenvalue weighted by Gasteiger charge is -2.08. The molecule has 0 bridgehead atoms. The number of halogens is 3. The highest BCUT2D eigenvalue weighted by Gasteiger charge is 2.22. The number of hydrogen-bond donors (Lipinski definition) is 1. The van der Waals surface area contributed by atoms with E-state index in [4.69, 9.17) is 9.84 Å². The average Bonchev–Trinajstić information content (AvgIpc) is 2.16. The van der Waals surface area contributed by atoms with E-state index in [1.165, 1.54) is 7.11 Å². The van der Waals surface area contributed by atoms with Crippen molar-refractivity contribution in [2.24, 2.45) is 0 Å². The van der Waals surface area contributed by atoms with E-state index in [9.17, 15) is 13.6 Å². The zero-order valence-electron chi connectivity index (χ0n) is 7.50. The molecule has 0 amide bonds. The van der Waals surface area contributed by atoms with Crippen molar-refractivity contribution in [3.05, 3.63) is 21.0 Å². The molecule has 7 heteroatoms. The van der Waals surface area contributed by atoms with Crippen LogP contribution >= 0.6 is 22.6 Å². The number of pyridine rings is 1. The molecule has 0 fully saturated rings. The van der Waals surface area contributed by atoms with Crippen LogP contribution in [0.15, 0.2) is 6.07 Å². The Hall–Kier alpha value is -0.990. The van der Waals surface area contributed by atoms with Crippen molar-refractivity contribution < 1.29 is 23.4 Å². The third kappa shape index (κ3) is 2.52. The van der Waals surface area contributed by atoms with Crippen LogP contribution in [0, 0.1) is 3.70 Å². The molecule has 0 radical (unpaired) electrons. The molecular weight excluding hydrogens is 323 g/mol. The van der Waals surface area contributed by atoms with Gasteiger partial charge in [0, 0.05) is 0 Å². The third-order valence-electron chi connectivity index (χ3n) is 1.63. The number of methoxy groups -OCH3 is 1. The van der Waals surface area contributed by atoms with Crippen molar-refractivity contribution in [1.29, 1.82) is 0 Å². The molecule has 0 saturated carbocycles. The van der Waals surface area contributed by atoms with Gasteiger partial charge in [0.1, 0.15) is 3.70 Å². The van der Waals surface area contributed by atoms with Crippen LogP contribution in [-0.4, -0.2) is 23.2 Å². The maximum absolute atomic E-state index is 12.5. The van der Waals surface area contributed by atoms with Crippen LogP contribution in [0.2, 0.25) is 0 Å². The van der Waals surface area contributed by atoms with Gasteiger partial charge in [-0.2, -0.15) is 0 Å². The molecule has 1 rings (SSSR count). The Kier molecular flexibility index (Phi) is 3.77. The minimum Gasteiger partial charge on any atom is -0.494 e. The Bertz CT molecular complexity index is 398. The zero-order valence-corrected chi connectivity index (χ0v) is 9.66. The second-order valence-electron chi connectivity index (χ2n) is 2.53. The number of ether oxygens (including phenoxy) is 1. The van der Waals surface area contributed by atoms with Gasteiger partial charge in [0.2, 0.25) is 0 Å². The topological polar surface area (TPSA) is 59.4 Å². The molecule has 0 spiro atoms.